The molecule has 0 radical (unpaired) electrons. The summed E-state index contributed by atoms with van der Waals surface area (Å²) in [5.74, 6) is -0.573. The van der Waals surface area contributed by atoms with Crippen molar-refractivity contribution in [2.75, 3.05) is 16.8 Å². The van der Waals surface area contributed by atoms with Gasteiger partial charge in [-0.3, -0.25) is 9.59 Å². The van der Waals surface area contributed by atoms with Crippen LogP contribution in [0.5, 0.6) is 5.75 Å². The largest absolute Gasteiger partial charge is 0.433 e. The van der Waals surface area contributed by atoms with E-state index >= 15 is 0 Å². The van der Waals surface area contributed by atoms with Crippen molar-refractivity contribution in [3.8, 4) is 5.75 Å². The first-order chi connectivity index (χ1) is 12.3. The minimum Gasteiger partial charge on any atom is -0.433 e. The molecule has 2 amide bonds. The summed E-state index contributed by atoms with van der Waals surface area (Å²) in [4.78, 5) is 25.7. The fourth-order valence-electron chi connectivity index (χ4n) is 2.84. The number of anilines is 2. The molecule has 0 fully saturated rings. The molecule has 26 heavy (non-hydrogen) atoms. The zero-order valence-electron chi connectivity index (χ0n) is 13.8. The maximum atomic E-state index is 12.4. The van der Waals surface area contributed by atoms with Gasteiger partial charge in [0.1, 0.15) is 5.75 Å². The number of hydrogen-bond acceptors (Lipinski definition) is 3. The Hall–Kier alpha value is -2.67. The lowest BCUT2D eigenvalue weighted by atomic mass is 10.1. The van der Waals surface area contributed by atoms with Crippen LogP contribution in [-0.2, 0) is 11.2 Å². The molecule has 0 saturated carbocycles. The number of rotatable bonds is 4. The molecule has 0 spiro atoms. The Bertz CT molecular complexity index is 874. The lowest BCUT2D eigenvalue weighted by Crippen LogP contribution is -2.25. The van der Waals surface area contributed by atoms with E-state index in [1.165, 1.54) is 25.1 Å². The molecule has 1 N–H and O–H groups in total. The van der Waals surface area contributed by atoms with Crippen LogP contribution in [-0.4, -0.2) is 25.0 Å². The Balaban J connectivity index is 1.75. The van der Waals surface area contributed by atoms with Crippen LogP contribution in [0.3, 0.4) is 0 Å². The summed E-state index contributed by atoms with van der Waals surface area (Å²) < 4.78 is 28.7. The van der Waals surface area contributed by atoms with Crippen molar-refractivity contribution in [3.63, 3.8) is 0 Å². The smallest absolute Gasteiger partial charge is 0.387 e. The second-order valence-electron chi connectivity index (χ2n) is 5.74. The molecule has 2 aromatic rings. The number of hydrogen-bond donors (Lipinski definition) is 1. The van der Waals surface area contributed by atoms with E-state index < -0.39 is 6.61 Å². The second-order valence-corrected chi connectivity index (χ2v) is 6.15. The lowest BCUT2D eigenvalue weighted by Gasteiger charge is -2.15. The molecule has 0 bridgehead atoms. The first-order valence-electron chi connectivity index (χ1n) is 7.82. The second kappa shape index (κ2) is 7.29. The van der Waals surface area contributed by atoms with E-state index in [-0.39, 0.29) is 22.6 Å². The SMILES string of the molecule is CC(=O)N1CCc2cc(C(=O)Nc3ccc(OC(F)F)c(Cl)c3)ccc21. The lowest BCUT2D eigenvalue weighted by molar-refractivity contribution is -0.116. The summed E-state index contributed by atoms with van der Waals surface area (Å²) in [6.45, 7) is -0.883. The average molecular weight is 381 g/mol. The van der Waals surface area contributed by atoms with E-state index in [1.807, 2.05) is 0 Å². The van der Waals surface area contributed by atoms with E-state index in [2.05, 4.69) is 10.1 Å². The van der Waals surface area contributed by atoms with Crippen molar-refractivity contribution >= 4 is 34.8 Å². The Morgan fingerprint density at radius 2 is 2.00 bits per heavy atom. The molecular weight excluding hydrogens is 366 g/mol. The van der Waals surface area contributed by atoms with Gasteiger partial charge in [-0.1, -0.05) is 11.6 Å². The van der Waals surface area contributed by atoms with E-state index in [0.717, 1.165) is 11.3 Å². The third-order valence-electron chi connectivity index (χ3n) is 4.02. The van der Waals surface area contributed by atoms with Crippen LogP contribution < -0.4 is 15.0 Å². The Morgan fingerprint density at radius 1 is 1.23 bits per heavy atom. The molecule has 1 aliphatic heterocycles. The molecule has 1 heterocycles. The molecule has 2 aromatic carbocycles. The molecule has 0 unspecified atom stereocenters. The number of carbonyl (C=O) groups excluding carboxylic acids is 2. The first kappa shape index (κ1) is 18.1. The number of amides is 2. The van der Waals surface area contributed by atoms with Crippen LogP contribution in [0, 0.1) is 0 Å². The molecule has 0 atom stereocenters. The molecule has 1 aliphatic rings. The minimum absolute atomic E-state index is 0.0332. The maximum absolute atomic E-state index is 12.4. The number of halogens is 3. The summed E-state index contributed by atoms with van der Waals surface area (Å²) >= 11 is 5.88. The van der Waals surface area contributed by atoms with Gasteiger partial charge in [0.15, 0.2) is 0 Å². The molecular formula is C18H15ClF2N2O3. The zero-order valence-corrected chi connectivity index (χ0v) is 14.5. The monoisotopic (exact) mass is 380 g/mol. The summed E-state index contributed by atoms with van der Waals surface area (Å²) in [5, 5.41) is 2.62. The van der Waals surface area contributed by atoms with Crippen LogP contribution in [0.2, 0.25) is 5.02 Å². The average Bonchev–Trinajstić information content (AvgIpc) is 3.00. The molecule has 0 aliphatic carbocycles. The van der Waals surface area contributed by atoms with Crippen molar-refractivity contribution in [2.24, 2.45) is 0 Å². The van der Waals surface area contributed by atoms with Gasteiger partial charge in [-0.15, -0.1) is 0 Å². The van der Waals surface area contributed by atoms with Gasteiger partial charge < -0.3 is 15.0 Å². The molecule has 5 nitrogen and oxygen atoms in total. The van der Waals surface area contributed by atoms with Gasteiger partial charge in [-0.25, -0.2) is 0 Å². The van der Waals surface area contributed by atoms with E-state index in [0.29, 0.717) is 24.2 Å². The first-order valence-corrected chi connectivity index (χ1v) is 8.19. The number of nitrogens with zero attached hydrogens (tertiary/aromatic N) is 1. The summed E-state index contributed by atoms with van der Waals surface area (Å²) in [7, 11) is 0. The van der Waals surface area contributed by atoms with Crippen LogP contribution in [0.15, 0.2) is 36.4 Å². The van der Waals surface area contributed by atoms with Crippen LogP contribution in [0.25, 0.3) is 0 Å². The molecule has 0 aromatic heterocycles. The Morgan fingerprint density at radius 3 is 2.65 bits per heavy atom. The van der Waals surface area contributed by atoms with Crippen LogP contribution >= 0.6 is 11.6 Å². The number of ether oxygens (including phenoxy) is 1. The minimum atomic E-state index is -2.98. The maximum Gasteiger partial charge on any atom is 0.387 e. The molecule has 0 saturated heterocycles. The van der Waals surface area contributed by atoms with Gasteiger partial charge in [0, 0.05) is 30.4 Å². The van der Waals surface area contributed by atoms with Crippen molar-refractivity contribution in [3.05, 3.63) is 52.5 Å². The van der Waals surface area contributed by atoms with Gasteiger partial charge in [-0.05, 0) is 48.4 Å². The summed E-state index contributed by atoms with van der Waals surface area (Å²) in [6, 6.07) is 9.13. The van der Waals surface area contributed by atoms with Crippen molar-refractivity contribution in [1.82, 2.24) is 0 Å². The highest BCUT2D eigenvalue weighted by Gasteiger charge is 2.23. The molecule has 8 heteroatoms. The Kier molecular flexibility index (Phi) is 5.08. The third-order valence-corrected chi connectivity index (χ3v) is 4.32. The topological polar surface area (TPSA) is 58.6 Å². The number of fused-ring (bicyclic) bond motifs is 1. The van der Waals surface area contributed by atoms with E-state index in [1.54, 1.807) is 23.1 Å². The van der Waals surface area contributed by atoms with Gasteiger partial charge in [0.05, 0.1) is 5.02 Å². The highest BCUT2D eigenvalue weighted by molar-refractivity contribution is 6.32. The van der Waals surface area contributed by atoms with E-state index in [4.69, 9.17) is 11.6 Å². The fraction of sp³-hybridized carbons (Fsp3) is 0.222. The number of alkyl halides is 2. The predicted octanol–water partition coefficient (Wildman–Crippen LogP) is 4.10. The molecule has 3 rings (SSSR count). The van der Waals surface area contributed by atoms with Crippen molar-refractivity contribution in [1.29, 1.82) is 0 Å². The summed E-state index contributed by atoms with van der Waals surface area (Å²) in [5.41, 5.74) is 2.52. The summed E-state index contributed by atoms with van der Waals surface area (Å²) in [6.07, 6.45) is 0.682. The predicted molar refractivity (Wildman–Crippen MR) is 94.2 cm³/mol. The normalized spacial score (nSPS) is 12.9. The van der Waals surface area contributed by atoms with Gasteiger partial charge >= 0.3 is 6.61 Å². The number of carbonyl (C=O) groups is 2. The number of nitrogens with one attached hydrogen (secondary N) is 1. The van der Waals surface area contributed by atoms with Gasteiger partial charge in [0.25, 0.3) is 5.91 Å². The third kappa shape index (κ3) is 3.77. The molecule has 136 valence electrons. The van der Waals surface area contributed by atoms with Crippen molar-refractivity contribution < 1.29 is 23.1 Å². The quantitative estimate of drug-likeness (QED) is 0.868. The van der Waals surface area contributed by atoms with Gasteiger partial charge in [-0.2, -0.15) is 8.78 Å². The van der Waals surface area contributed by atoms with Gasteiger partial charge in [0.2, 0.25) is 5.91 Å². The number of benzene rings is 2. The standard InChI is InChI=1S/C18H15ClF2N2O3/c1-10(24)23-7-6-11-8-12(2-4-15(11)23)17(25)22-13-3-5-16(14(19)9-13)26-18(20)21/h2-5,8-9,18H,6-7H2,1H3,(H,22,25). The van der Waals surface area contributed by atoms with Crippen molar-refractivity contribution in [2.45, 2.75) is 20.0 Å². The Labute approximate surface area is 153 Å². The van der Waals surface area contributed by atoms with E-state index in [9.17, 15) is 18.4 Å². The fourth-order valence-corrected chi connectivity index (χ4v) is 3.07. The highest BCUT2D eigenvalue weighted by Crippen LogP contribution is 2.31. The highest BCUT2D eigenvalue weighted by atomic mass is 35.5. The van der Waals surface area contributed by atoms with Crippen LogP contribution in [0.1, 0.15) is 22.8 Å². The van der Waals surface area contributed by atoms with Crippen LogP contribution in [0.4, 0.5) is 20.2 Å². The zero-order chi connectivity index (χ0) is 18.8.